The van der Waals surface area contributed by atoms with E-state index >= 15 is 0 Å². The van der Waals surface area contributed by atoms with Crippen molar-refractivity contribution in [1.82, 2.24) is 10.2 Å². The van der Waals surface area contributed by atoms with Crippen LogP contribution in [-0.2, 0) is 0 Å². The number of H-pyrrole nitrogens is 1. The van der Waals surface area contributed by atoms with Gasteiger partial charge in [-0.2, -0.15) is 5.10 Å². The third-order valence-electron chi connectivity index (χ3n) is 3.59. The Morgan fingerprint density at radius 1 is 0.960 bits per heavy atom. The summed E-state index contributed by atoms with van der Waals surface area (Å²) >= 11 is 5.88. The molecule has 0 aliphatic heterocycles. The van der Waals surface area contributed by atoms with Crippen molar-refractivity contribution in [3.63, 3.8) is 0 Å². The second-order valence-corrected chi connectivity index (χ2v) is 5.83. The van der Waals surface area contributed by atoms with Crippen molar-refractivity contribution >= 4 is 35.9 Å². The molecule has 0 aliphatic carbocycles. The Morgan fingerprint density at radius 3 is 2.44 bits per heavy atom. The maximum absolute atomic E-state index is 9.61. The number of aromatic amines is 1. The lowest BCUT2D eigenvalue weighted by Crippen LogP contribution is -1.84. The van der Waals surface area contributed by atoms with Gasteiger partial charge in [-0.3, -0.25) is 5.10 Å². The van der Waals surface area contributed by atoms with Gasteiger partial charge in [0.1, 0.15) is 0 Å². The van der Waals surface area contributed by atoms with Crippen LogP contribution < -0.4 is 4.74 Å². The molecule has 0 bridgehead atoms. The number of hydrogen-bond acceptors (Lipinski definition) is 3. The SMILES string of the molecule is COc1cc(C=Cc2cc(C=Cc3ccc(Cl)cc3)[nH]n2)ccc1O. The highest BCUT2D eigenvalue weighted by atomic mass is 35.5. The number of phenolic OH excluding ortho intramolecular Hbond substituents is 1. The van der Waals surface area contributed by atoms with Crippen molar-refractivity contribution < 1.29 is 9.84 Å². The van der Waals surface area contributed by atoms with Crippen molar-refractivity contribution in [3.8, 4) is 11.5 Å². The molecule has 25 heavy (non-hydrogen) atoms. The zero-order chi connectivity index (χ0) is 17.6. The number of rotatable bonds is 5. The normalized spacial score (nSPS) is 11.4. The molecule has 3 rings (SSSR count). The Kier molecular flexibility index (Phi) is 5.21. The Bertz CT molecular complexity index is 912. The molecule has 5 heteroatoms. The molecule has 0 amide bonds. The number of phenols is 1. The van der Waals surface area contributed by atoms with Gasteiger partial charge >= 0.3 is 0 Å². The van der Waals surface area contributed by atoms with Crippen LogP contribution in [0, 0.1) is 0 Å². The number of ether oxygens (including phenoxy) is 1. The first kappa shape index (κ1) is 16.9. The van der Waals surface area contributed by atoms with Crippen LogP contribution in [0.2, 0.25) is 5.02 Å². The second kappa shape index (κ2) is 7.73. The van der Waals surface area contributed by atoms with E-state index in [9.17, 15) is 5.11 Å². The number of hydrogen-bond donors (Lipinski definition) is 2. The van der Waals surface area contributed by atoms with E-state index in [1.165, 1.54) is 7.11 Å². The van der Waals surface area contributed by atoms with Crippen LogP contribution in [0.25, 0.3) is 24.3 Å². The van der Waals surface area contributed by atoms with Gasteiger partial charge in [-0.1, -0.05) is 42.0 Å². The molecule has 0 spiro atoms. The predicted octanol–water partition coefficient (Wildman–Crippen LogP) is 5.12. The molecule has 0 radical (unpaired) electrons. The van der Waals surface area contributed by atoms with Crippen LogP contribution >= 0.6 is 11.6 Å². The first-order valence-corrected chi connectivity index (χ1v) is 8.06. The summed E-state index contributed by atoms with van der Waals surface area (Å²) in [5.74, 6) is 0.560. The zero-order valence-corrected chi connectivity index (χ0v) is 14.4. The summed E-state index contributed by atoms with van der Waals surface area (Å²) in [6, 6.07) is 14.7. The van der Waals surface area contributed by atoms with E-state index in [2.05, 4.69) is 10.2 Å². The molecule has 4 nitrogen and oxygen atoms in total. The topological polar surface area (TPSA) is 58.1 Å². The molecule has 0 fully saturated rings. The van der Waals surface area contributed by atoms with Gasteiger partial charge in [0.25, 0.3) is 0 Å². The molecule has 126 valence electrons. The summed E-state index contributed by atoms with van der Waals surface area (Å²) in [6.07, 6.45) is 7.74. The average Bonchev–Trinajstić information content (AvgIpc) is 3.08. The van der Waals surface area contributed by atoms with Gasteiger partial charge in [0.05, 0.1) is 18.5 Å². The van der Waals surface area contributed by atoms with Crippen LogP contribution in [0.5, 0.6) is 11.5 Å². The molecule has 2 N–H and O–H groups in total. The minimum absolute atomic E-state index is 0.119. The molecule has 1 heterocycles. The van der Waals surface area contributed by atoms with Gasteiger partial charge in [0.15, 0.2) is 11.5 Å². The van der Waals surface area contributed by atoms with Crippen molar-refractivity contribution in [1.29, 1.82) is 0 Å². The first-order chi connectivity index (χ1) is 12.1. The maximum Gasteiger partial charge on any atom is 0.161 e. The number of aromatic nitrogens is 2. The quantitative estimate of drug-likeness (QED) is 0.670. The van der Waals surface area contributed by atoms with Gasteiger partial charge in [-0.05, 0) is 53.6 Å². The second-order valence-electron chi connectivity index (χ2n) is 5.40. The molecule has 0 unspecified atom stereocenters. The number of methoxy groups -OCH3 is 1. The lowest BCUT2D eigenvalue weighted by Gasteiger charge is -2.03. The Labute approximate surface area is 151 Å². The fraction of sp³-hybridized carbons (Fsp3) is 0.0500. The molecular weight excluding hydrogens is 336 g/mol. The number of benzene rings is 2. The summed E-state index contributed by atoms with van der Waals surface area (Å²) in [7, 11) is 1.52. The summed E-state index contributed by atoms with van der Waals surface area (Å²) in [5.41, 5.74) is 3.68. The predicted molar refractivity (Wildman–Crippen MR) is 103 cm³/mol. The molecule has 3 aromatic rings. The zero-order valence-electron chi connectivity index (χ0n) is 13.6. The molecule has 0 aliphatic rings. The monoisotopic (exact) mass is 352 g/mol. The van der Waals surface area contributed by atoms with Crippen LogP contribution in [0.3, 0.4) is 0 Å². The Morgan fingerprint density at radius 2 is 1.68 bits per heavy atom. The summed E-state index contributed by atoms with van der Waals surface area (Å²) in [6.45, 7) is 0. The van der Waals surface area contributed by atoms with E-state index in [0.29, 0.717) is 5.75 Å². The van der Waals surface area contributed by atoms with Crippen molar-refractivity contribution in [2.24, 2.45) is 0 Å². The first-order valence-electron chi connectivity index (χ1n) is 7.68. The van der Waals surface area contributed by atoms with E-state index < -0.39 is 0 Å². The van der Waals surface area contributed by atoms with Crippen LogP contribution in [-0.4, -0.2) is 22.4 Å². The van der Waals surface area contributed by atoms with Gasteiger partial charge in [0.2, 0.25) is 0 Å². The van der Waals surface area contributed by atoms with E-state index in [1.807, 2.05) is 60.7 Å². The van der Waals surface area contributed by atoms with Crippen LogP contribution in [0.4, 0.5) is 0 Å². The Hall–Kier alpha value is -2.98. The lowest BCUT2D eigenvalue weighted by molar-refractivity contribution is 0.373. The molecule has 0 saturated carbocycles. The minimum atomic E-state index is 0.119. The number of nitrogens with one attached hydrogen (secondary N) is 1. The third-order valence-corrected chi connectivity index (χ3v) is 3.85. The Balaban J connectivity index is 1.70. The summed E-state index contributed by atoms with van der Waals surface area (Å²) in [5, 5.41) is 17.6. The minimum Gasteiger partial charge on any atom is -0.504 e. The maximum atomic E-state index is 9.61. The third kappa shape index (κ3) is 4.52. The highest BCUT2D eigenvalue weighted by molar-refractivity contribution is 6.30. The van der Waals surface area contributed by atoms with E-state index in [4.69, 9.17) is 16.3 Å². The molecule has 0 saturated heterocycles. The molecule has 2 aromatic carbocycles. The van der Waals surface area contributed by atoms with Crippen LogP contribution in [0.1, 0.15) is 22.5 Å². The van der Waals surface area contributed by atoms with Crippen molar-refractivity contribution in [3.05, 3.63) is 76.1 Å². The summed E-state index contributed by atoms with van der Waals surface area (Å²) in [4.78, 5) is 0. The fourth-order valence-electron chi connectivity index (χ4n) is 2.26. The molecule has 1 aromatic heterocycles. The highest BCUT2D eigenvalue weighted by Gasteiger charge is 2.01. The highest BCUT2D eigenvalue weighted by Crippen LogP contribution is 2.27. The lowest BCUT2D eigenvalue weighted by atomic mass is 10.1. The number of nitrogens with zero attached hydrogens (tertiary/aromatic N) is 1. The van der Waals surface area contributed by atoms with E-state index in [1.54, 1.807) is 12.1 Å². The van der Waals surface area contributed by atoms with Crippen LogP contribution in [0.15, 0.2) is 48.5 Å². The van der Waals surface area contributed by atoms with E-state index in [-0.39, 0.29) is 5.75 Å². The average molecular weight is 353 g/mol. The summed E-state index contributed by atoms with van der Waals surface area (Å²) < 4.78 is 5.10. The van der Waals surface area contributed by atoms with Crippen molar-refractivity contribution in [2.75, 3.05) is 7.11 Å². The fourth-order valence-corrected chi connectivity index (χ4v) is 2.39. The number of aromatic hydroxyl groups is 1. The van der Waals surface area contributed by atoms with Gasteiger partial charge in [-0.15, -0.1) is 0 Å². The van der Waals surface area contributed by atoms with Gasteiger partial charge in [0, 0.05) is 5.02 Å². The van der Waals surface area contributed by atoms with Crippen molar-refractivity contribution in [2.45, 2.75) is 0 Å². The number of halogens is 1. The van der Waals surface area contributed by atoms with Gasteiger partial charge in [-0.25, -0.2) is 0 Å². The smallest absolute Gasteiger partial charge is 0.161 e. The standard InChI is InChI=1S/C20H17ClN2O2/c1-25-20-12-15(6-11-19(20)24)5-10-18-13-17(22-23-18)9-4-14-2-7-16(21)8-3-14/h2-13,24H,1H3,(H,22,23). The van der Waals surface area contributed by atoms with Gasteiger partial charge < -0.3 is 9.84 Å². The molecule has 0 atom stereocenters. The largest absolute Gasteiger partial charge is 0.504 e. The molecular formula is C20H17ClN2O2. The van der Waals surface area contributed by atoms with E-state index in [0.717, 1.165) is 27.5 Å².